The standard InChI is InChI=1S/C12H11NO2/c1-2-13-11-6-4-3-5-9(11)7-10(8-14)12(13)15/h3-8H,2H2,1H3. The minimum Gasteiger partial charge on any atom is -0.308 e. The van der Waals surface area contributed by atoms with E-state index in [2.05, 4.69) is 0 Å². The Bertz CT molecular complexity index is 569. The summed E-state index contributed by atoms with van der Waals surface area (Å²) in [7, 11) is 0. The molecule has 0 atom stereocenters. The van der Waals surface area contributed by atoms with Gasteiger partial charge in [-0.05, 0) is 24.4 Å². The quantitative estimate of drug-likeness (QED) is 0.695. The first-order chi connectivity index (χ1) is 7.27. The van der Waals surface area contributed by atoms with Crippen LogP contribution >= 0.6 is 0 Å². The molecule has 0 amide bonds. The summed E-state index contributed by atoms with van der Waals surface area (Å²) in [5.41, 5.74) is 0.873. The second-order valence-corrected chi connectivity index (χ2v) is 3.33. The largest absolute Gasteiger partial charge is 0.308 e. The predicted octanol–water partition coefficient (Wildman–Crippen LogP) is 1.83. The van der Waals surface area contributed by atoms with Crippen LogP contribution in [0.25, 0.3) is 10.9 Å². The molecule has 0 aliphatic heterocycles. The molecule has 1 heterocycles. The number of hydrogen-bond donors (Lipinski definition) is 0. The Hall–Kier alpha value is -1.90. The molecule has 0 saturated heterocycles. The minimum absolute atomic E-state index is 0.216. The molecular weight excluding hydrogens is 190 g/mol. The van der Waals surface area contributed by atoms with Crippen LogP contribution in [0.15, 0.2) is 35.1 Å². The number of fused-ring (bicyclic) bond motifs is 1. The molecule has 2 rings (SSSR count). The molecule has 0 fully saturated rings. The summed E-state index contributed by atoms with van der Waals surface area (Å²) in [4.78, 5) is 22.5. The number of aromatic nitrogens is 1. The third kappa shape index (κ3) is 1.46. The van der Waals surface area contributed by atoms with Gasteiger partial charge in [0.15, 0.2) is 6.29 Å². The van der Waals surface area contributed by atoms with E-state index in [-0.39, 0.29) is 11.1 Å². The molecule has 0 saturated carbocycles. The lowest BCUT2D eigenvalue weighted by Gasteiger charge is -2.08. The van der Waals surface area contributed by atoms with Gasteiger partial charge in [0.05, 0.1) is 11.1 Å². The normalized spacial score (nSPS) is 10.5. The number of carbonyl (C=O) groups is 1. The highest BCUT2D eigenvalue weighted by Crippen LogP contribution is 2.12. The fraction of sp³-hybridized carbons (Fsp3) is 0.167. The molecule has 0 aliphatic carbocycles. The zero-order valence-corrected chi connectivity index (χ0v) is 8.43. The van der Waals surface area contributed by atoms with Gasteiger partial charge in [-0.25, -0.2) is 0 Å². The van der Waals surface area contributed by atoms with Gasteiger partial charge in [-0.3, -0.25) is 9.59 Å². The Kier molecular flexibility index (Phi) is 2.37. The second-order valence-electron chi connectivity index (χ2n) is 3.33. The van der Waals surface area contributed by atoms with Crippen LogP contribution in [0.2, 0.25) is 0 Å². The number of nitrogens with zero attached hydrogens (tertiary/aromatic N) is 1. The zero-order chi connectivity index (χ0) is 10.8. The number of hydrogen-bond acceptors (Lipinski definition) is 2. The maximum absolute atomic E-state index is 11.8. The summed E-state index contributed by atoms with van der Waals surface area (Å²) in [5, 5.41) is 0.918. The van der Waals surface area contributed by atoms with E-state index in [1.54, 1.807) is 10.6 Å². The minimum atomic E-state index is -0.216. The SMILES string of the molecule is CCn1c(=O)c(C=O)cc2ccccc21. The van der Waals surface area contributed by atoms with Gasteiger partial charge in [0.25, 0.3) is 5.56 Å². The molecule has 0 aliphatic rings. The van der Waals surface area contributed by atoms with Crippen molar-refractivity contribution in [2.45, 2.75) is 13.5 Å². The van der Waals surface area contributed by atoms with Gasteiger partial charge in [0, 0.05) is 6.54 Å². The summed E-state index contributed by atoms with van der Waals surface area (Å²) in [6.45, 7) is 2.46. The lowest BCUT2D eigenvalue weighted by molar-refractivity contribution is 0.112. The van der Waals surface area contributed by atoms with Crippen molar-refractivity contribution in [3.8, 4) is 0 Å². The van der Waals surface area contributed by atoms with Crippen molar-refractivity contribution in [3.63, 3.8) is 0 Å². The molecule has 1 aromatic heterocycles. The van der Waals surface area contributed by atoms with Crippen LogP contribution in [0.5, 0.6) is 0 Å². The molecule has 2 aromatic rings. The molecule has 0 radical (unpaired) electrons. The Morgan fingerprint density at radius 1 is 1.33 bits per heavy atom. The molecule has 0 bridgehead atoms. The van der Waals surface area contributed by atoms with E-state index in [1.807, 2.05) is 31.2 Å². The molecule has 3 heteroatoms. The van der Waals surface area contributed by atoms with Gasteiger partial charge in [0.2, 0.25) is 0 Å². The van der Waals surface area contributed by atoms with E-state index in [0.717, 1.165) is 10.9 Å². The third-order valence-electron chi connectivity index (χ3n) is 2.47. The van der Waals surface area contributed by atoms with E-state index >= 15 is 0 Å². The average Bonchev–Trinajstić information content (AvgIpc) is 2.28. The number of para-hydroxylation sites is 1. The Morgan fingerprint density at radius 3 is 2.73 bits per heavy atom. The monoisotopic (exact) mass is 201 g/mol. The average molecular weight is 201 g/mol. The van der Waals surface area contributed by atoms with Crippen LogP contribution in [0.1, 0.15) is 17.3 Å². The molecular formula is C12H11NO2. The van der Waals surface area contributed by atoms with Crippen LogP contribution in [0, 0.1) is 0 Å². The van der Waals surface area contributed by atoms with Crippen LogP contribution < -0.4 is 5.56 Å². The van der Waals surface area contributed by atoms with Crippen molar-refractivity contribution in [2.24, 2.45) is 0 Å². The number of pyridine rings is 1. The van der Waals surface area contributed by atoms with Crippen molar-refractivity contribution in [2.75, 3.05) is 0 Å². The summed E-state index contributed by atoms with van der Waals surface area (Å²) >= 11 is 0. The number of aldehydes is 1. The first-order valence-corrected chi connectivity index (χ1v) is 4.85. The van der Waals surface area contributed by atoms with Crippen molar-refractivity contribution in [1.82, 2.24) is 4.57 Å². The smallest absolute Gasteiger partial charge is 0.261 e. The van der Waals surface area contributed by atoms with Gasteiger partial charge < -0.3 is 4.57 Å². The molecule has 1 aromatic carbocycles. The van der Waals surface area contributed by atoms with E-state index < -0.39 is 0 Å². The highest BCUT2D eigenvalue weighted by atomic mass is 16.1. The summed E-state index contributed by atoms with van der Waals surface area (Å²) in [6, 6.07) is 9.19. The van der Waals surface area contributed by atoms with E-state index in [4.69, 9.17) is 0 Å². The maximum atomic E-state index is 11.8. The topological polar surface area (TPSA) is 39.1 Å². The highest BCUT2D eigenvalue weighted by Gasteiger charge is 2.06. The van der Waals surface area contributed by atoms with Crippen molar-refractivity contribution in [3.05, 3.63) is 46.2 Å². The number of rotatable bonds is 2. The molecule has 0 N–H and O–H groups in total. The first-order valence-electron chi connectivity index (χ1n) is 4.85. The molecule has 15 heavy (non-hydrogen) atoms. The lowest BCUT2D eigenvalue weighted by atomic mass is 10.1. The number of aryl methyl sites for hydroxylation is 1. The number of carbonyl (C=O) groups excluding carboxylic acids is 1. The Morgan fingerprint density at radius 2 is 2.07 bits per heavy atom. The Balaban J connectivity index is 2.96. The Labute approximate surface area is 87.0 Å². The van der Waals surface area contributed by atoms with E-state index in [9.17, 15) is 9.59 Å². The highest BCUT2D eigenvalue weighted by molar-refractivity contribution is 5.86. The second kappa shape index (κ2) is 3.69. The molecule has 3 nitrogen and oxygen atoms in total. The summed E-state index contributed by atoms with van der Waals surface area (Å²) < 4.78 is 1.61. The fourth-order valence-electron chi connectivity index (χ4n) is 1.75. The van der Waals surface area contributed by atoms with Crippen LogP contribution in [0.4, 0.5) is 0 Å². The van der Waals surface area contributed by atoms with Crippen molar-refractivity contribution >= 4 is 17.2 Å². The van der Waals surface area contributed by atoms with Gasteiger partial charge in [-0.15, -0.1) is 0 Å². The third-order valence-corrected chi connectivity index (χ3v) is 2.47. The molecule has 0 unspecified atom stereocenters. The predicted molar refractivity (Wildman–Crippen MR) is 59.3 cm³/mol. The van der Waals surface area contributed by atoms with E-state index in [0.29, 0.717) is 12.8 Å². The molecule has 0 spiro atoms. The first kappa shape index (κ1) is 9.65. The molecule has 76 valence electrons. The number of benzene rings is 1. The summed E-state index contributed by atoms with van der Waals surface area (Å²) in [5.74, 6) is 0. The van der Waals surface area contributed by atoms with Crippen molar-refractivity contribution in [1.29, 1.82) is 0 Å². The van der Waals surface area contributed by atoms with Gasteiger partial charge >= 0.3 is 0 Å². The van der Waals surface area contributed by atoms with Crippen molar-refractivity contribution < 1.29 is 4.79 Å². The fourth-order valence-corrected chi connectivity index (χ4v) is 1.75. The zero-order valence-electron chi connectivity index (χ0n) is 8.43. The van der Waals surface area contributed by atoms with E-state index in [1.165, 1.54) is 0 Å². The van der Waals surface area contributed by atoms with Gasteiger partial charge in [0.1, 0.15) is 0 Å². The maximum Gasteiger partial charge on any atom is 0.261 e. The van der Waals surface area contributed by atoms with Gasteiger partial charge in [-0.1, -0.05) is 18.2 Å². The lowest BCUT2D eigenvalue weighted by Crippen LogP contribution is -2.22. The van der Waals surface area contributed by atoms with Crippen LogP contribution in [0.3, 0.4) is 0 Å². The summed E-state index contributed by atoms with van der Waals surface area (Å²) in [6.07, 6.45) is 0.612. The van der Waals surface area contributed by atoms with Crippen LogP contribution in [-0.4, -0.2) is 10.9 Å². The van der Waals surface area contributed by atoms with Crippen LogP contribution in [-0.2, 0) is 6.54 Å². The van der Waals surface area contributed by atoms with Gasteiger partial charge in [-0.2, -0.15) is 0 Å².